The van der Waals surface area contributed by atoms with Crippen molar-refractivity contribution in [1.29, 1.82) is 0 Å². The number of ether oxygens (including phenoxy) is 1. The fraction of sp³-hybridized carbons (Fsp3) is 0.667. The largest absolute Gasteiger partial charge is 0.434 e. The molecule has 0 unspecified atom stereocenters. The van der Waals surface area contributed by atoms with Crippen molar-refractivity contribution in [3.8, 4) is 0 Å². The molecule has 0 saturated heterocycles. The van der Waals surface area contributed by atoms with Gasteiger partial charge in [0.25, 0.3) is 0 Å². The first-order valence-corrected chi connectivity index (χ1v) is 4.10. The third kappa shape index (κ3) is 2.74. The lowest BCUT2D eigenvalue weighted by Crippen LogP contribution is -2.01. The Bertz CT molecular complexity index is 178. The van der Waals surface area contributed by atoms with Crippen molar-refractivity contribution in [2.24, 2.45) is 5.92 Å². The van der Waals surface area contributed by atoms with Gasteiger partial charge in [0.15, 0.2) is 0 Å². The quantitative estimate of drug-likeness (QED) is 0.460. The summed E-state index contributed by atoms with van der Waals surface area (Å²) in [5, 5.41) is 0. The van der Waals surface area contributed by atoms with E-state index in [1.165, 1.54) is 0 Å². The monoisotopic (exact) mass is 154 g/mol. The summed E-state index contributed by atoms with van der Waals surface area (Å²) in [6, 6.07) is 0. The van der Waals surface area contributed by atoms with Crippen LogP contribution in [0.25, 0.3) is 0 Å². The van der Waals surface area contributed by atoms with E-state index in [0.717, 1.165) is 24.8 Å². The third-order valence-electron chi connectivity index (χ3n) is 1.84. The Morgan fingerprint density at radius 1 is 1.64 bits per heavy atom. The molecule has 0 amide bonds. The van der Waals surface area contributed by atoms with E-state index in [-0.39, 0.29) is 11.9 Å². The van der Waals surface area contributed by atoms with E-state index in [1.807, 2.05) is 13.8 Å². The average molecular weight is 154 g/mol. The molecule has 0 aromatic heterocycles. The minimum Gasteiger partial charge on any atom is -0.434 e. The first-order chi connectivity index (χ1) is 5.24. The van der Waals surface area contributed by atoms with Crippen LogP contribution in [0, 0.1) is 5.92 Å². The molecule has 1 saturated carbocycles. The number of carbonyl (C=O) groups is 1. The topological polar surface area (TPSA) is 26.3 Å². The zero-order valence-corrected chi connectivity index (χ0v) is 7.09. The van der Waals surface area contributed by atoms with Gasteiger partial charge in [0.1, 0.15) is 0 Å². The summed E-state index contributed by atoms with van der Waals surface area (Å²) >= 11 is 0. The summed E-state index contributed by atoms with van der Waals surface area (Å²) in [6.45, 7) is 4.00. The maximum absolute atomic E-state index is 11.0. The first kappa shape index (κ1) is 8.31. The van der Waals surface area contributed by atoms with Gasteiger partial charge in [-0.1, -0.05) is 6.92 Å². The second kappa shape index (κ2) is 3.56. The van der Waals surface area contributed by atoms with E-state index >= 15 is 0 Å². The smallest absolute Gasteiger partial charge is 0.313 e. The Hall–Kier alpha value is -0.790. The second-order valence-electron chi connectivity index (χ2n) is 3.03. The van der Waals surface area contributed by atoms with Crippen LogP contribution in [0.1, 0.15) is 33.1 Å². The van der Waals surface area contributed by atoms with Crippen LogP contribution in [-0.2, 0) is 9.53 Å². The summed E-state index contributed by atoms with van der Waals surface area (Å²) in [4.78, 5) is 11.0. The van der Waals surface area contributed by atoms with Crippen LogP contribution in [0.3, 0.4) is 0 Å². The van der Waals surface area contributed by atoms with Crippen LogP contribution in [0.5, 0.6) is 0 Å². The minimum atomic E-state index is -0.0576. The van der Waals surface area contributed by atoms with E-state index in [0.29, 0.717) is 0 Å². The van der Waals surface area contributed by atoms with E-state index in [2.05, 4.69) is 0 Å². The summed E-state index contributed by atoms with van der Waals surface area (Å²) in [5.41, 5.74) is 1.11. The number of allylic oxidation sites excluding steroid dienone is 1. The predicted octanol–water partition coefficient (Wildman–Crippen LogP) is 2.25. The van der Waals surface area contributed by atoms with Gasteiger partial charge in [-0.2, -0.15) is 0 Å². The van der Waals surface area contributed by atoms with Gasteiger partial charge in [-0.3, -0.25) is 4.79 Å². The van der Waals surface area contributed by atoms with Gasteiger partial charge in [0.05, 0.1) is 12.2 Å². The molecule has 1 rings (SSSR count). The number of hydrogen-bond acceptors (Lipinski definition) is 2. The Kier molecular flexibility index (Phi) is 2.69. The Balaban J connectivity index is 2.24. The van der Waals surface area contributed by atoms with Crippen molar-refractivity contribution in [2.75, 3.05) is 0 Å². The molecule has 0 aliphatic heterocycles. The predicted molar refractivity (Wildman–Crippen MR) is 42.9 cm³/mol. The number of esters is 1. The molecule has 11 heavy (non-hydrogen) atoms. The third-order valence-corrected chi connectivity index (χ3v) is 1.84. The van der Waals surface area contributed by atoms with Gasteiger partial charge < -0.3 is 4.74 Å². The fourth-order valence-corrected chi connectivity index (χ4v) is 0.657. The van der Waals surface area contributed by atoms with E-state index < -0.39 is 0 Å². The van der Waals surface area contributed by atoms with Crippen molar-refractivity contribution in [1.82, 2.24) is 0 Å². The highest BCUT2D eigenvalue weighted by Crippen LogP contribution is 2.30. The standard InChI is InChI=1S/C9H14O2/c1-3-7(2)6-11-9(10)8-4-5-8/h6,8H,3-5H2,1-2H3. The van der Waals surface area contributed by atoms with E-state index in [1.54, 1.807) is 6.26 Å². The molecule has 0 heterocycles. The highest BCUT2D eigenvalue weighted by molar-refractivity contribution is 5.75. The molecule has 0 radical (unpaired) electrons. The van der Waals surface area contributed by atoms with Crippen LogP contribution in [-0.4, -0.2) is 5.97 Å². The molecule has 1 aliphatic rings. The summed E-state index contributed by atoms with van der Waals surface area (Å²) in [7, 11) is 0. The molecule has 2 heteroatoms. The molecule has 62 valence electrons. The van der Waals surface area contributed by atoms with Gasteiger partial charge >= 0.3 is 5.97 Å². The van der Waals surface area contributed by atoms with Crippen LogP contribution in [0.2, 0.25) is 0 Å². The zero-order chi connectivity index (χ0) is 8.27. The minimum absolute atomic E-state index is 0.0576. The molecule has 1 fully saturated rings. The number of hydrogen-bond donors (Lipinski definition) is 0. The lowest BCUT2D eigenvalue weighted by Gasteiger charge is -1.97. The maximum Gasteiger partial charge on any atom is 0.313 e. The molecule has 2 nitrogen and oxygen atoms in total. The van der Waals surface area contributed by atoms with Crippen molar-refractivity contribution >= 4 is 5.97 Å². The molecule has 0 aromatic rings. The number of carbonyl (C=O) groups excluding carboxylic acids is 1. The average Bonchev–Trinajstić information content (AvgIpc) is 2.81. The van der Waals surface area contributed by atoms with Crippen LogP contribution in [0.15, 0.2) is 11.8 Å². The SMILES string of the molecule is CCC(C)=COC(=O)C1CC1. The highest BCUT2D eigenvalue weighted by atomic mass is 16.5. The molecular weight excluding hydrogens is 140 g/mol. The highest BCUT2D eigenvalue weighted by Gasteiger charge is 2.30. The van der Waals surface area contributed by atoms with Crippen LogP contribution < -0.4 is 0 Å². The lowest BCUT2D eigenvalue weighted by molar-refractivity contribution is -0.139. The maximum atomic E-state index is 11.0. The molecule has 0 spiro atoms. The lowest BCUT2D eigenvalue weighted by atomic mass is 10.3. The fourth-order valence-electron chi connectivity index (χ4n) is 0.657. The molecule has 0 bridgehead atoms. The van der Waals surface area contributed by atoms with Crippen molar-refractivity contribution < 1.29 is 9.53 Å². The zero-order valence-electron chi connectivity index (χ0n) is 7.09. The van der Waals surface area contributed by atoms with Gasteiger partial charge in [-0.25, -0.2) is 0 Å². The van der Waals surface area contributed by atoms with E-state index in [9.17, 15) is 4.79 Å². The Morgan fingerprint density at radius 3 is 2.73 bits per heavy atom. The number of rotatable bonds is 3. The molecule has 0 atom stereocenters. The molecular formula is C9H14O2. The molecule has 1 aliphatic carbocycles. The van der Waals surface area contributed by atoms with Gasteiger partial charge in [0, 0.05) is 0 Å². The van der Waals surface area contributed by atoms with E-state index in [4.69, 9.17) is 4.74 Å². The Labute approximate surface area is 67.2 Å². The first-order valence-electron chi connectivity index (χ1n) is 4.10. The van der Waals surface area contributed by atoms with Crippen LogP contribution in [0.4, 0.5) is 0 Å². The second-order valence-corrected chi connectivity index (χ2v) is 3.03. The van der Waals surface area contributed by atoms with Crippen molar-refractivity contribution in [3.63, 3.8) is 0 Å². The van der Waals surface area contributed by atoms with Gasteiger partial charge in [-0.05, 0) is 31.8 Å². The summed E-state index contributed by atoms with van der Waals surface area (Å²) in [6.07, 6.45) is 4.54. The van der Waals surface area contributed by atoms with Crippen LogP contribution >= 0.6 is 0 Å². The normalized spacial score (nSPS) is 18.2. The Morgan fingerprint density at radius 2 is 2.27 bits per heavy atom. The summed E-state index contributed by atoms with van der Waals surface area (Å²) < 4.78 is 4.92. The molecule has 0 N–H and O–H groups in total. The van der Waals surface area contributed by atoms with Crippen molar-refractivity contribution in [3.05, 3.63) is 11.8 Å². The summed E-state index contributed by atoms with van der Waals surface area (Å²) in [5.74, 6) is 0.147. The molecule has 0 aromatic carbocycles. The van der Waals surface area contributed by atoms with Crippen molar-refractivity contribution in [2.45, 2.75) is 33.1 Å². The van der Waals surface area contributed by atoms with Gasteiger partial charge in [0.2, 0.25) is 0 Å². The van der Waals surface area contributed by atoms with Gasteiger partial charge in [-0.15, -0.1) is 0 Å².